The third-order valence-corrected chi connectivity index (χ3v) is 4.92. The van der Waals surface area contributed by atoms with Gasteiger partial charge in [-0.15, -0.1) is 0 Å². The molecule has 0 heterocycles. The summed E-state index contributed by atoms with van der Waals surface area (Å²) in [7, 11) is 0. The Morgan fingerprint density at radius 3 is 2.10 bits per heavy atom. The normalized spacial score (nSPS) is 12.2. The Kier molecular flexibility index (Phi) is 5.24. The second-order valence-electron chi connectivity index (χ2n) is 4.76. The maximum absolute atomic E-state index is 6.05. The summed E-state index contributed by atoms with van der Waals surface area (Å²) in [5, 5.41) is 0. The van der Waals surface area contributed by atoms with Gasteiger partial charge in [-0.25, -0.2) is 0 Å². The van der Waals surface area contributed by atoms with E-state index in [2.05, 4.69) is 45.7 Å². The van der Waals surface area contributed by atoms with Crippen molar-refractivity contribution >= 4 is 31.9 Å². The number of rotatable bonds is 4. The van der Waals surface area contributed by atoms with Crippen molar-refractivity contribution in [1.29, 1.82) is 0 Å². The van der Waals surface area contributed by atoms with Crippen LogP contribution in [0.3, 0.4) is 0 Å². The molecule has 2 nitrogen and oxygen atoms in total. The number of hydrogen-bond acceptors (Lipinski definition) is 2. The number of nitrogens with two attached hydrogens (primary N) is 1. The zero-order chi connectivity index (χ0) is 14.7. The lowest BCUT2D eigenvalue weighted by Crippen LogP contribution is -2.18. The molecular formula is C16H17Br2NO. The van der Waals surface area contributed by atoms with Gasteiger partial charge in [0.05, 0.1) is 0 Å². The zero-order valence-corrected chi connectivity index (χ0v) is 14.7. The van der Waals surface area contributed by atoms with Crippen molar-refractivity contribution in [2.45, 2.75) is 20.0 Å². The molecule has 0 amide bonds. The first-order valence-corrected chi connectivity index (χ1v) is 7.99. The van der Waals surface area contributed by atoms with Gasteiger partial charge in [0.15, 0.2) is 0 Å². The number of benzene rings is 2. The van der Waals surface area contributed by atoms with Crippen molar-refractivity contribution in [2.24, 2.45) is 5.73 Å². The summed E-state index contributed by atoms with van der Waals surface area (Å²) in [6, 6.07) is 12.1. The lowest BCUT2D eigenvalue weighted by Gasteiger charge is -2.19. The molecule has 20 heavy (non-hydrogen) atoms. The van der Waals surface area contributed by atoms with Crippen molar-refractivity contribution in [3.63, 3.8) is 0 Å². The second-order valence-corrected chi connectivity index (χ2v) is 6.47. The maximum Gasteiger partial charge on any atom is 0.136 e. The highest BCUT2D eigenvalue weighted by atomic mass is 79.9. The smallest absolute Gasteiger partial charge is 0.136 e. The molecule has 0 aromatic heterocycles. The molecule has 106 valence electrons. The van der Waals surface area contributed by atoms with Crippen LogP contribution in [0.5, 0.6) is 5.75 Å². The molecule has 1 atom stereocenters. The number of ether oxygens (including phenoxy) is 1. The summed E-state index contributed by atoms with van der Waals surface area (Å²) >= 11 is 7.00. The molecule has 0 spiro atoms. The molecule has 2 N–H and O–H groups in total. The molecular weight excluding hydrogens is 382 g/mol. The minimum Gasteiger partial charge on any atom is -0.484 e. The zero-order valence-electron chi connectivity index (χ0n) is 11.5. The highest BCUT2D eigenvalue weighted by Gasteiger charge is 2.13. The molecule has 0 aliphatic carbocycles. The number of hydrogen-bond donors (Lipinski definition) is 1. The van der Waals surface area contributed by atoms with E-state index in [0.29, 0.717) is 6.54 Å². The molecule has 0 fully saturated rings. The first-order chi connectivity index (χ1) is 9.51. The van der Waals surface area contributed by atoms with Crippen LogP contribution >= 0.6 is 31.9 Å². The molecule has 2 rings (SSSR count). The van der Waals surface area contributed by atoms with Crippen molar-refractivity contribution in [3.8, 4) is 5.75 Å². The van der Waals surface area contributed by atoms with Gasteiger partial charge in [-0.2, -0.15) is 0 Å². The van der Waals surface area contributed by atoms with Crippen molar-refractivity contribution in [3.05, 3.63) is 62.0 Å². The summed E-state index contributed by atoms with van der Waals surface area (Å²) in [5.74, 6) is 0.849. The maximum atomic E-state index is 6.05. The van der Waals surface area contributed by atoms with E-state index in [1.54, 1.807) is 0 Å². The third-order valence-electron chi connectivity index (χ3n) is 3.14. The molecule has 0 saturated carbocycles. The molecule has 2 aromatic rings. The monoisotopic (exact) mass is 397 g/mol. The SMILES string of the molecule is Cc1cc(OC(CN)c2ccc(Br)cc2)cc(C)c1Br. The summed E-state index contributed by atoms with van der Waals surface area (Å²) in [6.45, 7) is 4.55. The van der Waals surface area contributed by atoms with Gasteiger partial charge in [0.25, 0.3) is 0 Å². The fraction of sp³-hybridized carbons (Fsp3) is 0.250. The van der Waals surface area contributed by atoms with Crippen LogP contribution in [0.2, 0.25) is 0 Å². The molecule has 1 unspecified atom stereocenters. The Morgan fingerprint density at radius 1 is 1.05 bits per heavy atom. The average molecular weight is 399 g/mol. The van der Waals surface area contributed by atoms with E-state index >= 15 is 0 Å². The molecule has 0 aliphatic rings. The van der Waals surface area contributed by atoms with Gasteiger partial charge in [-0.1, -0.05) is 44.0 Å². The minimum atomic E-state index is -0.136. The predicted molar refractivity (Wildman–Crippen MR) is 90.2 cm³/mol. The van der Waals surface area contributed by atoms with Gasteiger partial charge >= 0.3 is 0 Å². The van der Waals surface area contributed by atoms with Crippen molar-refractivity contribution in [1.82, 2.24) is 0 Å². The van der Waals surface area contributed by atoms with Gasteiger partial charge < -0.3 is 10.5 Å². The van der Waals surface area contributed by atoms with E-state index in [0.717, 1.165) is 31.4 Å². The second kappa shape index (κ2) is 6.74. The molecule has 0 radical (unpaired) electrons. The molecule has 4 heteroatoms. The summed E-state index contributed by atoms with van der Waals surface area (Å²) in [4.78, 5) is 0. The van der Waals surface area contributed by atoms with Gasteiger partial charge in [-0.05, 0) is 54.8 Å². The van der Waals surface area contributed by atoms with Gasteiger partial charge in [0, 0.05) is 15.5 Å². The van der Waals surface area contributed by atoms with Crippen molar-refractivity contribution in [2.75, 3.05) is 6.54 Å². The standard InChI is InChI=1S/C16H17Br2NO/c1-10-7-14(8-11(2)16(10)18)20-15(9-19)12-3-5-13(17)6-4-12/h3-8,15H,9,19H2,1-2H3. The Hall–Kier alpha value is -0.840. The predicted octanol–water partition coefficient (Wildman–Crippen LogP) is 4.91. The Morgan fingerprint density at radius 2 is 1.60 bits per heavy atom. The first kappa shape index (κ1) is 15.5. The van der Waals surface area contributed by atoms with E-state index in [-0.39, 0.29) is 6.10 Å². The molecule has 0 bridgehead atoms. The van der Waals surface area contributed by atoms with Crippen LogP contribution in [0.1, 0.15) is 22.8 Å². The quantitative estimate of drug-likeness (QED) is 0.794. The summed E-state index contributed by atoms with van der Waals surface area (Å²) < 4.78 is 8.22. The van der Waals surface area contributed by atoms with Crippen LogP contribution in [0.25, 0.3) is 0 Å². The van der Waals surface area contributed by atoms with Crippen molar-refractivity contribution < 1.29 is 4.74 Å². The van der Waals surface area contributed by atoms with E-state index in [9.17, 15) is 0 Å². The summed E-state index contributed by atoms with van der Waals surface area (Å²) in [5.41, 5.74) is 9.25. The number of halogens is 2. The first-order valence-electron chi connectivity index (χ1n) is 6.40. The number of aryl methyl sites for hydroxylation is 2. The lowest BCUT2D eigenvalue weighted by atomic mass is 10.1. The molecule has 0 aliphatic heterocycles. The minimum absolute atomic E-state index is 0.136. The molecule has 2 aromatic carbocycles. The lowest BCUT2D eigenvalue weighted by molar-refractivity contribution is 0.214. The van der Waals surface area contributed by atoms with Gasteiger partial charge in [0.1, 0.15) is 11.9 Å². The van der Waals surface area contributed by atoms with Gasteiger partial charge in [-0.3, -0.25) is 0 Å². The van der Waals surface area contributed by atoms with Gasteiger partial charge in [0.2, 0.25) is 0 Å². The van der Waals surface area contributed by atoms with E-state index < -0.39 is 0 Å². The van der Waals surface area contributed by atoms with Crippen LogP contribution in [0.15, 0.2) is 45.3 Å². The summed E-state index contributed by atoms with van der Waals surface area (Å²) in [6.07, 6.45) is -0.136. The fourth-order valence-corrected chi connectivity index (χ4v) is 2.56. The van der Waals surface area contributed by atoms with Crippen LogP contribution < -0.4 is 10.5 Å². The fourth-order valence-electron chi connectivity index (χ4n) is 2.07. The van der Waals surface area contributed by atoms with Crippen LogP contribution in [0.4, 0.5) is 0 Å². The van der Waals surface area contributed by atoms with Crippen LogP contribution in [0, 0.1) is 13.8 Å². The third kappa shape index (κ3) is 3.62. The van der Waals surface area contributed by atoms with E-state index in [4.69, 9.17) is 10.5 Å². The molecule has 0 saturated heterocycles. The largest absolute Gasteiger partial charge is 0.484 e. The Bertz CT molecular complexity index is 573. The topological polar surface area (TPSA) is 35.2 Å². The van der Waals surface area contributed by atoms with Crippen LogP contribution in [-0.4, -0.2) is 6.54 Å². The Balaban J connectivity index is 2.24. The van der Waals surface area contributed by atoms with E-state index in [1.165, 1.54) is 0 Å². The highest BCUT2D eigenvalue weighted by Crippen LogP contribution is 2.29. The Labute approximate surface area is 136 Å². The van der Waals surface area contributed by atoms with Crippen LogP contribution in [-0.2, 0) is 0 Å². The van der Waals surface area contributed by atoms with E-state index in [1.807, 2.05) is 36.4 Å². The average Bonchev–Trinajstić information content (AvgIpc) is 2.43. The highest BCUT2D eigenvalue weighted by molar-refractivity contribution is 9.10.